The molecule has 0 bridgehead atoms. The van der Waals surface area contributed by atoms with E-state index in [0.29, 0.717) is 29.0 Å². The van der Waals surface area contributed by atoms with Gasteiger partial charge in [-0.05, 0) is 85.2 Å². The SMILES string of the molecule is CCc1cc(S(C)(=O)=O)cc(C)c1C(=O)NC(Cc1ccc(N2CCC(C(N)c3ccccn3)CC2)cc1)C(=O)O. The molecule has 4 rings (SSSR count). The van der Waals surface area contributed by atoms with Crippen LogP contribution in [0.4, 0.5) is 5.69 Å². The lowest BCUT2D eigenvalue weighted by Crippen LogP contribution is -2.43. The number of nitrogens with one attached hydrogen (secondary N) is 1. The molecular formula is C31H38N4O5S. The van der Waals surface area contributed by atoms with Crippen molar-refractivity contribution in [1.29, 1.82) is 0 Å². The van der Waals surface area contributed by atoms with E-state index < -0.39 is 27.8 Å². The fraction of sp³-hybridized carbons (Fsp3) is 0.387. The van der Waals surface area contributed by atoms with Crippen LogP contribution in [0.2, 0.25) is 0 Å². The number of carbonyl (C=O) groups is 2. The van der Waals surface area contributed by atoms with Crippen molar-refractivity contribution in [3.63, 3.8) is 0 Å². The first-order valence-corrected chi connectivity index (χ1v) is 15.7. The fourth-order valence-corrected chi connectivity index (χ4v) is 6.23. The lowest BCUT2D eigenvalue weighted by molar-refractivity contribution is -0.139. The zero-order valence-corrected chi connectivity index (χ0v) is 24.5. The summed E-state index contributed by atoms with van der Waals surface area (Å²) < 4.78 is 24.1. The van der Waals surface area contributed by atoms with Gasteiger partial charge in [0.15, 0.2) is 9.84 Å². The van der Waals surface area contributed by atoms with E-state index in [0.717, 1.165) is 49.1 Å². The maximum atomic E-state index is 13.2. The second kappa shape index (κ2) is 12.8. The molecular weight excluding hydrogens is 540 g/mol. The second-order valence-electron chi connectivity index (χ2n) is 10.7. The predicted octanol–water partition coefficient (Wildman–Crippen LogP) is 3.70. The molecule has 0 saturated carbocycles. The Hall–Kier alpha value is -3.76. The molecule has 3 aromatic rings. The number of pyridine rings is 1. The Morgan fingerprint density at radius 1 is 1.12 bits per heavy atom. The number of amides is 1. The Morgan fingerprint density at radius 3 is 2.37 bits per heavy atom. The second-order valence-corrected chi connectivity index (χ2v) is 12.8. The van der Waals surface area contributed by atoms with Crippen molar-refractivity contribution in [3.05, 3.63) is 88.7 Å². The van der Waals surface area contributed by atoms with Crippen LogP contribution in [0.5, 0.6) is 0 Å². The predicted molar refractivity (Wildman–Crippen MR) is 159 cm³/mol. The van der Waals surface area contributed by atoms with Gasteiger partial charge in [-0.2, -0.15) is 0 Å². The van der Waals surface area contributed by atoms with E-state index in [-0.39, 0.29) is 17.4 Å². The molecule has 2 heterocycles. The van der Waals surface area contributed by atoms with Crippen molar-refractivity contribution < 1.29 is 23.1 Å². The molecule has 1 fully saturated rings. The van der Waals surface area contributed by atoms with Crippen LogP contribution in [-0.4, -0.2) is 55.8 Å². The normalized spacial score (nSPS) is 15.8. The molecule has 0 aliphatic carbocycles. The highest BCUT2D eigenvalue weighted by molar-refractivity contribution is 7.90. The molecule has 1 aromatic heterocycles. The first-order valence-electron chi connectivity index (χ1n) is 13.9. The zero-order chi connectivity index (χ0) is 29.7. The van der Waals surface area contributed by atoms with Gasteiger partial charge < -0.3 is 21.1 Å². The average Bonchev–Trinajstić information content (AvgIpc) is 2.96. The summed E-state index contributed by atoms with van der Waals surface area (Å²) in [7, 11) is -3.45. The smallest absolute Gasteiger partial charge is 0.326 e. The number of nitrogens with two attached hydrogens (primary N) is 1. The summed E-state index contributed by atoms with van der Waals surface area (Å²) in [6.07, 6.45) is 5.35. The van der Waals surface area contributed by atoms with E-state index in [1.807, 2.05) is 49.4 Å². The molecule has 1 saturated heterocycles. The molecule has 1 amide bonds. The number of rotatable bonds is 10. The molecule has 2 aromatic carbocycles. The number of carbonyl (C=O) groups excluding carboxylic acids is 1. The van der Waals surface area contributed by atoms with Crippen molar-refractivity contribution in [2.45, 2.75) is 56.5 Å². The lowest BCUT2D eigenvalue weighted by Gasteiger charge is -2.36. The minimum Gasteiger partial charge on any atom is -0.480 e. The van der Waals surface area contributed by atoms with Crippen LogP contribution >= 0.6 is 0 Å². The van der Waals surface area contributed by atoms with Gasteiger partial charge in [0, 0.05) is 49.3 Å². The van der Waals surface area contributed by atoms with Gasteiger partial charge in [0.1, 0.15) is 6.04 Å². The summed E-state index contributed by atoms with van der Waals surface area (Å²) in [6, 6.07) is 15.3. The number of carboxylic acids is 1. The molecule has 4 N–H and O–H groups in total. The van der Waals surface area contributed by atoms with E-state index in [1.165, 1.54) is 12.1 Å². The number of aromatic nitrogens is 1. The van der Waals surface area contributed by atoms with Crippen molar-refractivity contribution in [2.24, 2.45) is 11.7 Å². The molecule has 10 heteroatoms. The van der Waals surface area contributed by atoms with Crippen LogP contribution in [0.25, 0.3) is 0 Å². The monoisotopic (exact) mass is 578 g/mol. The fourth-order valence-electron chi connectivity index (χ4n) is 5.48. The molecule has 1 aliphatic rings. The minimum absolute atomic E-state index is 0.0845. The Kier molecular flexibility index (Phi) is 9.45. The van der Waals surface area contributed by atoms with Crippen LogP contribution in [0, 0.1) is 12.8 Å². The van der Waals surface area contributed by atoms with E-state index >= 15 is 0 Å². The number of sulfone groups is 1. The molecule has 2 atom stereocenters. The van der Waals surface area contributed by atoms with E-state index in [2.05, 4.69) is 15.2 Å². The number of hydrogen-bond donors (Lipinski definition) is 3. The number of hydrogen-bond acceptors (Lipinski definition) is 7. The largest absolute Gasteiger partial charge is 0.480 e. The van der Waals surface area contributed by atoms with E-state index in [1.54, 1.807) is 13.1 Å². The Labute approximate surface area is 241 Å². The third-order valence-corrected chi connectivity index (χ3v) is 8.94. The van der Waals surface area contributed by atoms with Gasteiger partial charge in [-0.15, -0.1) is 0 Å². The van der Waals surface area contributed by atoms with Gasteiger partial charge in [-0.3, -0.25) is 9.78 Å². The summed E-state index contributed by atoms with van der Waals surface area (Å²) in [5.41, 5.74) is 10.6. The Bertz CT molecular complexity index is 1480. The maximum Gasteiger partial charge on any atom is 0.326 e. The summed E-state index contributed by atoms with van der Waals surface area (Å²) >= 11 is 0. The van der Waals surface area contributed by atoms with Crippen LogP contribution in [0.15, 0.2) is 65.7 Å². The number of carboxylic acid groups (broad SMARTS) is 1. The van der Waals surface area contributed by atoms with E-state index in [4.69, 9.17) is 5.73 Å². The van der Waals surface area contributed by atoms with Gasteiger partial charge in [-0.1, -0.05) is 25.1 Å². The number of aryl methyl sites for hydroxylation is 2. The third kappa shape index (κ3) is 7.31. The summed E-state index contributed by atoms with van der Waals surface area (Å²) in [5.74, 6) is -1.31. The highest BCUT2D eigenvalue weighted by atomic mass is 32.2. The van der Waals surface area contributed by atoms with Crippen molar-refractivity contribution >= 4 is 27.4 Å². The van der Waals surface area contributed by atoms with Crippen LogP contribution in [0.3, 0.4) is 0 Å². The molecule has 218 valence electrons. The average molecular weight is 579 g/mol. The Morgan fingerprint density at radius 2 is 1.80 bits per heavy atom. The zero-order valence-electron chi connectivity index (χ0n) is 23.7. The number of anilines is 1. The minimum atomic E-state index is -3.45. The van der Waals surface area contributed by atoms with Crippen molar-refractivity contribution in [2.75, 3.05) is 24.2 Å². The summed E-state index contributed by atoms with van der Waals surface area (Å²) in [4.78, 5) is 32.1. The molecule has 0 radical (unpaired) electrons. The number of nitrogens with zero attached hydrogens (tertiary/aromatic N) is 2. The number of aliphatic carboxylic acids is 1. The maximum absolute atomic E-state index is 13.2. The van der Waals surface area contributed by atoms with Crippen LogP contribution < -0.4 is 16.0 Å². The van der Waals surface area contributed by atoms with Gasteiger partial charge in [0.25, 0.3) is 5.91 Å². The van der Waals surface area contributed by atoms with Gasteiger partial charge >= 0.3 is 5.97 Å². The number of benzene rings is 2. The molecule has 9 nitrogen and oxygen atoms in total. The summed E-state index contributed by atoms with van der Waals surface area (Å²) in [6.45, 7) is 5.22. The molecule has 41 heavy (non-hydrogen) atoms. The van der Waals surface area contributed by atoms with E-state index in [9.17, 15) is 23.1 Å². The highest BCUT2D eigenvalue weighted by Gasteiger charge is 2.27. The van der Waals surface area contributed by atoms with Crippen LogP contribution in [0.1, 0.15) is 58.5 Å². The quantitative estimate of drug-likeness (QED) is 0.331. The molecule has 0 spiro atoms. The van der Waals surface area contributed by atoms with Gasteiger partial charge in [0.2, 0.25) is 0 Å². The van der Waals surface area contributed by atoms with Gasteiger partial charge in [0.05, 0.1) is 10.6 Å². The number of piperidine rings is 1. The van der Waals surface area contributed by atoms with Gasteiger partial charge in [-0.25, -0.2) is 13.2 Å². The lowest BCUT2D eigenvalue weighted by atomic mass is 9.87. The van der Waals surface area contributed by atoms with Crippen molar-refractivity contribution in [3.8, 4) is 0 Å². The third-order valence-electron chi connectivity index (χ3n) is 7.85. The standard InChI is InChI=1S/C31H38N4O5S/c1-4-22-19-25(41(3,39)40)17-20(2)28(22)30(36)34-27(31(37)38)18-21-8-10-24(11-9-21)35-15-12-23(13-16-35)29(32)26-7-5-6-14-33-26/h5-11,14,17,19,23,27,29H,4,12-13,15-16,18,32H2,1-3H3,(H,34,36)(H,37,38). The Balaban J connectivity index is 1.40. The molecule has 1 aliphatic heterocycles. The first-order chi connectivity index (χ1) is 19.5. The highest BCUT2D eigenvalue weighted by Crippen LogP contribution is 2.30. The first kappa shape index (κ1) is 30.2. The van der Waals surface area contributed by atoms with Crippen LogP contribution in [-0.2, 0) is 27.5 Å². The summed E-state index contributed by atoms with van der Waals surface area (Å²) in [5, 5.41) is 12.5. The van der Waals surface area contributed by atoms with Crippen molar-refractivity contribution in [1.82, 2.24) is 10.3 Å². The topological polar surface area (TPSA) is 143 Å². The molecule has 2 unspecified atom stereocenters.